The maximum absolute atomic E-state index is 6.06. The van der Waals surface area contributed by atoms with E-state index in [-0.39, 0.29) is 0 Å². The summed E-state index contributed by atoms with van der Waals surface area (Å²) in [6.07, 6.45) is 6.38. The largest absolute Gasteiger partial charge is 0.337 e. The van der Waals surface area contributed by atoms with Crippen molar-refractivity contribution < 1.29 is 0 Å². The highest BCUT2D eigenvalue weighted by Gasteiger charge is 2.01. The zero-order valence-corrected chi connectivity index (χ0v) is 9.54. The van der Waals surface area contributed by atoms with Crippen LogP contribution in [-0.2, 0) is 13.0 Å². The van der Waals surface area contributed by atoms with Crippen molar-refractivity contribution in [3.8, 4) is 0 Å². The zero-order chi connectivity index (χ0) is 10.7. The predicted molar refractivity (Wildman–Crippen MR) is 62.4 cm³/mol. The van der Waals surface area contributed by atoms with Crippen LogP contribution in [0.2, 0.25) is 10.0 Å². The third-order valence-electron chi connectivity index (χ3n) is 2.21. The topological polar surface area (TPSA) is 17.8 Å². The second kappa shape index (κ2) is 4.69. The number of benzene rings is 1. The molecule has 0 amide bonds. The highest BCUT2D eigenvalue weighted by molar-refractivity contribution is 6.35. The SMILES string of the molecule is Clc1ccc(CCn2ccnc2)c(Cl)c1. The monoisotopic (exact) mass is 240 g/mol. The molecular weight excluding hydrogens is 231 g/mol. The van der Waals surface area contributed by atoms with Gasteiger partial charge in [0.2, 0.25) is 0 Å². The van der Waals surface area contributed by atoms with Crippen LogP contribution in [0.5, 0.6) is 0 Å². The minimum absolute atomic E-state index is 0.673. The fourth-order valence-electron chi connectivity index (χ4n) is 1.39. The predicted octanol–water partition coefficient (Wildman–Crippen LogP) is 3.43. The lowest BCUT2D eigenvalue weighted by molar-refractivity contribution is 0.696. The van der Waals surface area contributed by atoms with Gasteiger partial charge in [-0.2, -0.15) is 0 Å². The van der Waals surface area contributed by atoms with Crippen molar-refractivity contribution >= 4 is 23.2 Å². The van der Waals surface area contributed by atoms with E-state index in [1.54, 1.807) is 18.6 Å². The fourth-order valence-corrected chi connectivity index (χ4v) is 1.90. The molecule has 0 atom stereocenters. The lowest BCUT2D eigenvalue weighted by Crippen LogP contribution is -1.98. The lowest BCUT2D eigenvalue weighted by atomic mass is 10.1. The zero-order valence-electron chi connectivity index (χ0n) is 8.03. The second-order valence-electron chi connectivity index (χ2n) is 3.29. The van der Waals surface area contributed by atoms with Crippen LogP contribution in [-0.4, -0.2) is 9.55 Å². The molecule has 1 heterocycles. The molecule has 78 valence electrons. The van der Waals surface area contributed by atoms with E-state index in [4.69, 9.17) is 23.2 Å². The average molecular weight is 241 g/mol. The van der Waals surface area contributed by atoms with Crippen LogP contribution in [0.25, 0.3) is 0 Å². The number of halogens is 2. The smallest absolute Gasteiger partial charge is 0.0946 e. The van der Waals surface area contributed by atoms with Crippen molar-refractivity contribution in [1.29, 1.82) is 0 Å². The Kier molecular flexibility index (Phi) is 3.29. The average Bonchev–Trinajstić information content (AvgIpc) is 2.69. The van der Waals surface area contributed by atoms with Crippen LogP contribution in [0.1, 0.15) is 5.56 Å². The molecule has 0 aliphatic carbocycles. The number of aromatic nitrogens is 2. The Labute approximate surface area is 98.5 Å². The summed E-state index contributed by atoms with van der Waals surface area (Å²) in [5, 5.41) is 1.40. The molecule has 0 fully saturated rings. The van der Waals surface area contributed by atoms with Gasteiger partial charge in [0, 0.05) is 29.0 Å². The van der Waals surface area contributed by atoms with Crippen molar-refractivity contribution in [2.24, 2.45) is 0 Å². The quantitative estimate of drug-likeness (QED) is 0.804. The van der Waals surface area contributed by atoms with Crippen molar-refractivity contribution in [2.45, 2.75) is 13.0 Å². The van der Waals surface area contributed by atoms with E-state index in [1.807, 2.05) is 22.9 Å². The van der Waals surface area contributed by atoms with Crippen LogP contribution in [0.3, 0.4) is 0 Å². The molecule has 1 aromatic heterocycles. The molecule has 2 rings (SSSR count). The van der Waals surface area contributed by atoms with Crippen LogP contribution in [0.15, 0.2) is 36.9 Å². The molecule has 0 aliphatic heterocycles. The minimum atomic E-state index is 0.673. The van der Waals surface area contributed by atoms with Crippen LogP contribution in [0, 0.1) is 0 Å². The molecule has 15 heavy (non-hydrogen) atoms. The van der Waals surface area contributed by atoms with Crippen LogP contribution >= 0.6 is 23.2 Å². The van der Waals surface area contributed by atoms with Crippen LogP contribution < -0.4 is 0 Å². The molecule has 0 bridgehead atoms. The summed E-state index contributed by atoms with van der Waals surface area (Å²) in [6, 6.07) is 5.59. The Bertz CT molecular complexity index is 438. The summed E-state index contributed by atoms with van der Waals surface area (Å²) in [5.74, 6) is 0. The molecule has 4 heteroatoms. The van der Waals surface area contributed by atoms with Crippen molar-refractivity contribution in [3.05, 3.63) is 52.5 Å². The van der Waals surface area contributed by atoms with E-state index in [1.165, 1.54) is 0 Å². The van der Waals surface area contributed by atoms with Gasteiger partial charge in [-0.25, -0.2) is 4.98 Å². The van der Waals surface area contributed by atoms with E-state index in [2.05, 4.69) is 4.98 Å². The standard InChI is InChI=1S/C11H10Cl2N2/c12-10-2-1-9(11(13)7-10)3-5-15-6-4-14-8-15/h1-2,4,6-8H,3,5H2. The molecule has 0 spiro atoms. The Hall–Kier alpha value is -0.990. The number of rotatable bonds is 3. The van der Waals surface area contributed by atoms with Crippen molar-refractivity contribution in [3.63, 3.8) is 0 Å². The Morgan fingerprint density at radius 3 is 2.80 bits per heavy atom. The van der Waals surface area contributed by atoms with Gasteiger partial charge in [0.05, 0.1) is 6.33 Å². The first-order valence-corrected chi connectivity index (χ1v) is 5.41. The number of imidazole rings is 1. The number of nitrogens with zero attached hydrogens (tertiary/aromatic N) is 2. The Morgan fingerprint density at radius 2 is 2.13 bits per heavy atom. The molecule has 0 saturated heterocycles. The molecule has 0 aliphatic rings. The van der Waals surface area contributed by atoms with E-state index in [0.717, 1.165) is 23.6 Å². The van der Waals surface area contributed by atoms with Gasteiger partial charge in [-0.3, -0.25) is 0 Å². The molecule has 2 aromatic rings. The van der Waals surface area contributed by atoms with E-state index in [9.17, 15) is 0 Å². The highest BCUT2D eigenvalue weighted by atomic mass is 35.5. The summed E-state index contributed by atoms with van der Waals surface area (Å²) >= 11 is 11.9. The van der Waals surface area contributed by atoms with Crippen molar-refractivity contribution in [2.75, 3.05) is 0 Å². The first-order chi connectivity index (χ1) is 7.25. The van der Waals surface area contributed by atoms with Gasteiger partial charge >= 0.3 is 0 Å². The minimum Gasteiger partial charge on any atom is -0.337 e. The normalized spacial score (nSPS) is 10.5. The van der Waals surface area contributed by atoms with Gasteiger partial charge in [0.15, 0.2) is 0 Å². The van der Waals surface area contributed by atoms with Gasteiger partial charge in [-0.1, -0.05) is 29.3 Å². The first kappa shape index (κ1) is 10.5. The fraction of sp³-hybridized carbons (Fsp3) is 0.182. The summed E-state index contributed by atoms with van der Waals surface area (Å²) in [6.45, 7) is 0.876. The molecule has 0 radical (unpaired) electrons. The van der Waals surface area contributed by atoms with Gasteiger partial charge in [-0.05, 0) is 24.1 Å². The summed E-state index contributed by atoms with van der Waals surface area (Å²) in [7, 11) is 0. The van der Waals surface area contributed by atoms with E-state index in [0.29, 0.717) is 5.02 Å². The Balaban J connectivity index is 2.05. The third kappa shape index (κ3) is 2.74. The first-order valence-electron chi connectivity index (χ1n) is 4.65. The van der Waals surface area contributed by atoms with Crippen LogP contribution in [0.4, 0.5) is 0 Å². The maximum Gasteiger partial charge on any atom is 0.0946 e. The number of hydrogen-bond donors (Lipinski definition) is 0. The van der Waals surface area contributed by atoms with Gasteiger partial charge in [0.25, 0.3) is 0 Å². The van der Waals surface area contributed by atoms with Gasteiger partial charge < -0.3 is 4.57 Å². The highest BCUT2D eigenvalue weighted by Crippen LogP contribution is 2.21. The van der Waals surface area contributed by atoms with E-state index >= 15 is 0 Å². The number of hydrogen-bond acceptors (Lipinski definition) is 1. The number of aryl methyl sites for hydroxylation is 2. The second-order valence-corrected chi connectivity index (χ2v) is 4.13. The lowest BCUT2D eigenvalue weighted by Gasteiger charge is -2.05. The van der Waals surface area contributed by atoms with Gasteiger partial charge in [-0.15, -0.1) is 0 Å². The molecule has 2 nitrogen and oxygen atoms in total. The third-order valence-corrected chi connectivity index (χ3v) is 2.80. The molecule has 1 aromatic carbocycles. The Morgan fingerprint density at radius 1 is 1.27 bits per heavy atom. The maximum atomic E-state index is 6.06. The molecule has 0 N–H and O–H groups in total. The molecule has 0 saturated carbocycles. The van der Waals surface area contributed by atoms with E-state index < -0.39 is 0 Å². The summed E-state index contributed by atoms with van der Waals surface area (Å²) in [5.41, 5.74) is 1.11. The summed E-state index contributed by atoms with van der Waals surface area (Å²) in [4.78, 5) is 3.98. The summed E-state index contributed by atoms with van der Waals surface area (Å²) < 4.78 is 2.02. The van der Waals surface area contributed by atoms with Gasteiger partial charge in [0.1, 0.15) is 0 Å². The molecular formula is C11H10Cl2N2. The van der Waals surface area contributed by atoms with Crippen molar-refractivity contribution in [1.82, 2.24) is 9.55 Å². The molecule has 0 unspecified atom stereocenters.